The molecule has 0 spiro atoms. The van der Waals surface area contributed by atoms with E-state index in [1.807, 2.05) is 78.0 Å². The van der Waals surface area contributed by atoms with Crippen LogP contribution >= 0.6 is 0 Å². The number of aryl methyl sites for hydroxylation is 2. The van der Waals surface area contributed by atoms with Crippen LogP contribution < -0.4 is 4.74 Å². The largest absolute Gasteiger partial charge is 0.493 e. The predicted octanol–water partition coefficient (Wildman–Crippen LogP) is 4.27. The highest BCUT2D eigenvalue weighted by molar-refractivity contribution is 5.93. The Kier molecular flexibility index (Phi) is 5.77. The van der Waals surface area contributed by atoms with Gasteiger partial charge in [-0.05, 0) is 31.4 Å². The number of rotatable bonds is 5. The molecule has 1 amide bonds. The third-order valence-corrected chi connectivity index (χ3v) is 6.21. The van der Waals surface area contributed by atoms with Gasteiger partial charge in [0.1, 0.15) is 17.3 Å². The molecular weight excluding hydrogens is 414 g/mol. The number of nitrogens with zero attached hydrogens (tertiary/aromatic N) is 5. The van der Waals surface area contributed by atoms with Gasteiger partial charge in [0.25, 0.3) is 5.91 Å². The van der Waals surface area contributed by atoms with Crippen LogP contribution in [-0.4, -0.2) is 50.0 Å². The number of para-hydroxylation sites is 1. The molecule has 7 nitrogen and oxygen atoms in total. The van der Waals surface area contributed by atoms with Crippen molar-refractivity contribution < 1.29 is 9.53 Å². The van der Waals surface area contributed by atoms with Crippen LogP contribution in [0.3, 0.4) is 0 Å². The van der Waals surface area contributed by atoms with E-state index in [0.29, 0.717) is 36.1 Å². The summed E-state index contributed by atoms with van der Waals surface area (Å²) in [4.78, 5) is 28.8. The zero-order valence-electron chi connectivity index (χ0n) is 18.9. The van der Waals surface area contributed by atoms with Gasteiger partial charge in [-0.2, -0.15) is 0 Å². The number of fused-ring (bicyclic) bond motifs is 1. The number of ether oxygens (including phenoxy) is 1. The highest BCUT2D eigenvalue weighted by Gasteiger charge is 2.27. The van der Waals surface area contributed by atoms with Crippen molar-refractivity contribution in [2.24, 2.45) is 13.0 Å². The number of likely N-dealkylation sites (tertiary alicyclic amines) is 1. The average molecular weight is 442 g/mol. The van der Waals surface area contributed by atoms with Crippen LogP contribution in [0.4, 0.5) is 0 Å². The van der Waals surface area contributed by atoms with Gasteiger partial charge in [-0.1, -0.05) is 48.5 Å². The molecule has 33 heavy (non-hydrogen) atoms. The van der Waals surface area contributed by atoms with E-state index in [1.165, 1.54) is 0 Å². The Morgan fingerprint density at radius 1 is 1.09 bits per heavy atom. The Labute approximate surface area is 193 Å². The van der Waals surface area contributed by atoms with Crippen LogP contribution in [0.1, 0.15) is 28.9 Å². The summed E-state index contributed by atoms with van der Waals surface area (Å²) in [5, 5.41) is 0. The summed E-state index contributed by atoms with van der Waals surface area (Å²) in [6, 6.07) is 17.9. The van der Waals surface area contributed by atoms with E-state index >= 15 is 0 Å². The first-order valence-corrected chi connectivity index (χ1v) is 11.3. The quantitative estimate of drug-likeness (QED) is 0.462. The minimum absolute atomic E-state index is 0.100. The Bertz CT molecular complexity index is 1280. The maximum Gasteiger partial charge on any atom is 0.274 e. The summed E-state index contributed by atoms with van der Waals surface area (Å²) >= 11 is 0. The van der Waals surface area contributed by atoms with Crippen molar-refractivity contribution in [2.75, 3.05) is 19.7 Å². The summed E-state index contributed by atoms with van der Waals surface area (Å²) < 4.78 is 7.96. The van der Waals surface area contributed by atoms with Gasteiger partial charge in [0, 0.05) is 31.6 Å². The minimum atomic E-state index is -0.100. The first-order valence-electron chi connectivity index (χ1n) is 11.3. The topological polar surface area (TPSA) is 73.1 Å². The summed E-state index contributed by atoms with van der Waals surface area (Å²) in [5.74, 6) is 1.87. The lowest BCUT2D eigenvalue weighted by atomic mass is 9.98. The Balaban J connectivity index is 1.31. The number of benzene rings is 2. The highest BCUT2D eigenvalue weighted by atomic mass is 16.5. The molecule has 5 rings (SSSR count). The van der Waals surface area contributed by atoms with Crippen molar-refractivity contribution >= 4 is 17.2 Å². The zero-order valence-corrected chi connectivity index (χ0v) is 18.9. The molecule has 2 aromatic heterocycles. The molecule has 1 aliphatic rings. The van der Waals surface area contributed by atoms with Gasteiger partial charge in [0.2, 0.25) is 0 Å². The van der Waals surface area contributed by atoms with Crippen molar-refractivity contribution in [1.29, 1.82) is 0 Å². The van der Waals surface area contributed by atoms with Crippen LogP contribution in [0.2, 0.25) is 0 Å². The zero-order chi connectivity index (χ0) is 22.8. The molecular formula is C26H27N5O2. The van der Waals surface area contributed by atoms with Gasteiger partial charge in [-0.25, -0.2) is 15.0 Å². The molecule has 0 N–H and O–H groups in total. The fourth-order valence-electron chi connectivity index (χ4n) is 4.38. The third-order valence-electron chi connectivity index (χ3n) is 6.21. The van der Waals surface area contributed by atoms with E-state index in [0.717, 1.165) is 42.1 Å². The second kappa shape index (κ2) is 9.02. The van der Waals surface area contributed by atoms with Gasteiger partial charge < -0.3 is 14.2 Å². The van der Waals surface area contributed by atoms with Gasteiger partial charge >= 0.3 is 0 Å². The molecule has 0 saturated carbocycles. The normalized spacial score (nSPS) is 16.2. The highest BCUT2D eigenvalue weighted by Crippen LogP contribution is 2.24. The maximum absolute atomic E-state index is 13.2. The van der Waals surface area contributed by atoms with E-state index in [-0.39, 0.29) is 5.91 Å². The van der Waals surface area contributed by atoms with E-state index in [9.17, 15) is 4.79 Å². The molecule has 0 radical (unpaired) electrons. The molecule has 7 heteroatoms. The molecule has 1 fully saturated rings. The first-order chi connectivity index (χ1) is 16.1. The molecule has 4 aromatic rings. The molecule has 168 valence electrons. The first kappa shape index (κ1) is 21.1. The molecule has 0 aliphatic carbocycles. The maximum atomic E-state index is 13.2. The molecule has 2 aromatic carbocycles. The SMILES string of the molecule is Cc1ccccc1OCC1CCCN(C(=O)c2cnc3c(n2)nc(-c2ccccc2)n3C)C1. The molecule has 1 aliphatic heterocycles. The van der Waals surface area contributed by atoms with E-state index < -0.39 is 0 Å². The van der Waals surface area contributed by atoms with Crippen molar-refractivity contribution in [2.45, 2.75) is 19.8 Å². The molecule has 1 atom stereocenters. The van der Waals surface area contributed by atoms with Crippen molar-refractivity contribution in [3.63, 3.8) is 0 Å². The summed E-state index contributed by atoms with van der Waals surface area (Å²) in [6.45, 7) is 4.01. The second-order valence-electron chi connectivity index (χ2n) is 8.60. The van der Waals surface area contributed by atoms with Gasteiger partial charge in [-0.3, -0.25) is 4.79 Å². The number of imidazole rings is 1. The molecule has 0 bridgehead atoms. The molecule has 1 unspecified atom stereocenters. The lowest BCUT2D eigenvalue weighted by molar-refractivity contribution is 0.0627. The van der Waals surface area contributed by atoms with Crippen LogP contribution in [0.25, 0.3) is 22.7 Å². The number of hydrogen-bond acceptors (Lipinski definition) is 5. The Morgan fingerprint density at radius 3 is 2.70 bits per heavy atom. The van der Waals surface area contributed by atoms with Gasteiger partial charge in [-0.15, -0.1) is 0 Å². The second-order valence-corrected chi connectivity index (χ2v) is 8.60. The number of aromatic nitrogens is 4. The summed E-state index contributed by atoms with van der Waals surface area (Å²) in [6.07, 6.45) is 3.56. The lowest BCUT2D eigenvalue weighted by Gasteiger charge is -2.32. The standard InChI is InChI=1S/C26H27N5O2/c1-18-9-6-7-13-22(18)33-17-19-10-8-14-31(16-19)26(32)21-15-27-25-23(28-21)29-24(30(25)2)20-11-4-3-5-12-20/h3-7,9,11-13,15,19H,8,10,14,16-17H2,1-2H3. The smallest absolute Gasteiger partial charge is 0.274 e. The van der Waals surface area contributed by atoms with Gasteiger partial charge in [0.05, 0.1) is 12.8 Å². The summed E-state index contributed by atoms with van der Waals surface area (Å²) in [5.41, 5.74) is 3.59. The van der Waals surface area contributed by atoms with E-state index in [1.54, 1.807) is 6.20 Å². The number of piperidine rings is 1. The summed E-state index contributed by atoms with van der Waals surface area (Å²) in [7, 11) is 1.91. The van der Waals surface area contributed by atoms with Crippen LogP contribution in [-0.2, 0) is 7.05 Å². The minimum Gasteiger partial charge on any atom is -0.493 e. The third kappa shape index (κ3) is 4.31. The number of carbonyl (C=O) groups is 1. The fourth-order valence-corrected chi connectivity index (χ4v) is 4.38. The van der Waals surface area contributed by atoms with Gasteiger partial charge in [0.15, 0.2) is 11.3 Å². The molecule has 1 saturated heterocycles. The Morgan fingerprint density at radius 2 is 1.88 bits per heavy atom. The number of hydrogen-bond donors (Lipinski definition) is 0. The van der Waals surface area contributed by atoms with Crippen molar-refractivity contribution in [3.05, 3.63) is 72.1 Å². The van der Waals surface area contributed by atoms with E-state index in [2.05, 4.69) is 15.0 Å². The van der Waals surface area contributed by atoms with Crippen molar-refractivity contribution in [3.8, 4) is 17.1 Å². The van der Waals surface area contributed by atoms with Crippen molar-refractivity contribution in [1.82, 2.24) is 24.4 Å². The monoisotopic (exact) mass is 441 g/mol. The average Bonchev–Trinajstić information content (AvgIpc) is 3.19. The molecule has 3 heterocycles. The predicted molar refractivity (Wildman–Crippen MR) is 127 cm³/mol. The van der Waals surface area contributed by atoms with Crippen LogP contribution in [0.5, 0.6) is 5.75 Å². The number of carbonyl (C=O) groups excluding carboxylic acids is 1. The lowest BCUT2D eigenvalue weighted by Crippen LogP contribution is -2.42. The fraction of sp³-hybridized carbons (Fsp3) is 0.308. The van der Waals surface area contributed by atoms with E-state index in [4.69, 9.17) is 4.74 Å². The Hall–Kier alpha value is -3.74. The number of amides is 1. The van der Waals surface area contributed by atoms with Crippen LogP contribution in [0, 0.1) is 12.8 Å². The van der Waals surface area contributed by atoms with Crippen LogP contribution in [0.15, 0.2) is 60.8 Å².